The number of carbonyl (C=O) groups excluding carboxylic acids is 1. The van der Waals surface area contributed by atoms with Crippen LogP contribution < -0.4 is 21.3 Å². The zero-order valence-corrected chi connectivity index (χ0v) is 19.3. The number of rotatable bonds is 7. The number of nitrogens with two attached hydrogens (primary N) is 1. The summed E-state index contributed by atoms with van der Waals surface area (Å²) in [6, 6.07) is 20.3. The Kier molecular flexibility index (Phi) is 7.44. The predicted molar refractivity (Wildman–Crippen MR) is 138 cm³/mol. The number of nitrogen functional groups attached to an aromatic ring is 1. The second-order valence-electron chi connectivity index (χ2n) is 8.46. The highest BCUT2D eigenvalue weighted by molar-refractivity contribution is 6.03. The van der Waals surface area contributed by atoms with Crippen LogP contribution in [0, 0.1) is 5.82 Å². The molecule has 0 spiro atoms. The molecule has 0 aromatic heterocycles. The number of benzene rings is 3. The first-order valence-corrected chi connectivity index (χ1v) is 11.4. The first kappa shape index (κ1) is 23.3. The molecular weight excluding hydrogens is 429 g/mol. The molecule has 176 valence electrons. The van der Waals surface area contributed by atoms with E-state index in [0.29, 0.717) is 23.6 Å². The Labute approximate surface area is 199 Å². The molecule has 34 heavy (non-hydrogen) atoms. The number of halogens is 1. The van der Waals surface area contributed by atoms with E-state index in [0.717, 1.165) is 43.0 Å². The summed E-state index contributed by atoms with van der Waals surface area (Å²) in [5.41, 5.74) is 10.3. The van der Waals surface area contributed by atoms with Crippen molar-refractivity contribution in [2.45, 2.75) is 6.54 Å². The van der Waals surface area contributed by atoms with Gasteiger partial charge in [0.25, 0.3) is 0 Å². The molecule has 3 aromatic rings. The average Bonchev–Trinajstić information content (AvgIpc) is 2.84. The molecule has 6 nitrogen and oxygen atoms in total. The maximum absolute atomic E-state index is 14.7. The molecule has 4 N–H and O–H groups in total. The molecule has 3 aromatic carbocycles. The van der Waals surface area contributed by atoms with Crippen molar-refractivity contribution in [3.63, 3.8) is 0 Å². The Morgan fingerprint density at radius 3 is 2.47 bits per heavy atom. The predicted octanol–water partition coefficient (Wildman–Crippen LogP) is 4.42. The molecule has 7 heteroatoms. The summed E-state index contributed by atoms with van der Waals surface area (Å²) in [5.74, 6) is -0.448. The first-order chi connectivity index (χ1) is 16.5. The highest BCUT2D eigenvalue weighted by Gasteiger charge is 2.17. The van der Waals surface area contributed by atoms with Crippen LogP contribution >= 0.6 is 0 Å². The highest BCUT2D eigenvalue weighted by Crippen LogP contribution is 2.24. The van der Waals surface area contributed by atoms with E-state index in [2.05, 4.69) is 27.5 Å². The van der Waals surface area contributed by atoms with Gasteiger partial charge in [0, 0.05) is 44.5 Å². The van der Waals surface area contributed by atoms with Gasteiger partial charge in [-0.1, -0.05) is 36.4 Å². The minimum Gasteiger partial charge on any atom is -0.397 e. The maximum Gasteiger partial charge on any atom is 0.248 e. The summed E-state index contributed by atoms with van der Waals surface area (Å²) in [4.78, 5) is 16.5. The molecule has 1 saturated heterocycles. The van der Waals surface area contributed by atoms with Gasteiger partial charge in [0.2, 0.25) is 5.91 Å². The second kappa shape index (κ2) is 10.9. The van der Waals surface area contributed by atoms with Gasteiger partial charge >= 0.3 is 0 Å². The van der Waals surface area contributed by atoms with Gasteiger partial charge in [-0.3, -0.25) is 4.79 Å². The Bertz CT molecular complexity index is 1150. The van der Waals surface area contributed by atoms with Crippen molar-refractivity contribution >= 4 is 34.7 Å². The summed E-state index contributed by atoms with van der Waals surface area (Å²) in [6.45, 7) is 4.13. The van der Waals surface area contributed by atoms with Crippen molar-refractivity contribution in [3.8, 4) is 0 Å². The van der Waals surface area contributed by atoms with Crippen molar-refractivity contribution in [3.05, 3.63) is 89.8 Å². The number of amides is 1. The van der Waals surface area contributed by atoms with Gasteiger partial charge in [0.05, 0.1) is 17.1 Å². The fourth-order valence-electron chi connectivity index (χ4n) is 3.83. The third-order valence-electron chi connectivity index (χ3n) is 5.91. The Hall–Kier alpha value is -3.84. The molecule has 4 rings (SSSR count). The fourth-order valence-corrected chi connectivity index (χ4v) is 3.83. The van der Waals surface area contributed by atoms with Crippen LogP contribution in [0.15, 0.2) is 72.8 Å². The highest BCUT2D eigenvalue weighted by atomic mass is 19.1. The molecule has 1 amide bonds. The maximum atomic E-state index is 14.7. The third kappa shape index (κ3) is 6.14. The van der Waals surface area contributed by atoms with Crippen molar-refractivity contribution in [1.29, 1.82) is 0 Å². The van der Waals surface area contributed by atoms with Gasteiger partial charge in [-0.05, 0) is 54.6 Å². The second-order valence-corrected chi connectivity index (χ2v) is 8.46. The van der Waals surface area contributed by atoms with E-state index < -0.39 is 0 Å². The van der Waals surface area contributed by atoms with Gasteiger partial charge in [-0.25, -0.2) is 4.39 Å². The van der Waals surface area contributed by atoms with Crippen LogP contribution in [0.4, 0.5) is 27.1 Å². The van der Waals surface area contributed by atoms with Crippen LogP contribution in [0.3, 0.4) is 0 Å². The summed E-state index contributed by atoms with van der Waals surface area (Å²) < 4.78 is 14.7. The number of nitrogens with zero attached hydrogens (tertiary/aromatic N) is 2. The van der Waals surface area contributed by atoms with Crippen LogP contribution in [-0.4, -0.2) is 44.0 Å². The minimum absolute atomic E-state index is 0.203. The number of nitrogens with one attached hydrogen (secondary N) is 2. The van der Waals surface area contributed by atoms with Gasteiger partial charge in [-0.2, -0.15) is 0 Å². The van der Waals surface area contributed by atoms with Crippen molar-refractivity contribution < 1.29 is 9.18 Å². The number of piperazine rings is 1. The molecule has 0 unspecified atom stereocenters. The molecule has 1 aliphatic heterocycles. The molecule has 1 aliphatic rings. The van der Waals surface area contributed by atoms with Crippen LogP contribution in [-0.2, 0) is 11.3 Å². The Balaban J connectivity index is 1.29. The number of anilines is 4. The zero-order valence-electron chi connectivity index (χ0n) is 19.3. The van der Waals surface area contributed by atoms with E-state index in [-0.39, 0.29) is 11.7 Å². The molecule has 0 radical (unpaired) electrons. The van der Waals surface area contributed by atoms with Crippen molar-refractivity contribution in [2.75, 3.05) is 54.5 Å². The molecule has 0 saturated carbocycles. The summed E-state index contributed by atoms with van der Waals surface area (Å²) in [7, 11) is 2.09. The number of likely N-dealkylation sites (N-methyl/N-ethyl adjacent to an activating group) is 1. The lowest BCUT2D eigenvalue weighted by Gasteiger charge is -2.34. The lowest BCUT2D eigenvalue weighted by molar-refractivity contribution is -0.111. The monoisotopic (exact) mass is 459 g/mol. The number of hydrogen-bond acceptors (Lipinski definition) is 5. The standard InChI is InChI=1S/C27H30FN5O/c1-32-14-16-33(17-15-32)26-12-11-22(18-23(26)28)30-19-21-8-6-20(7-9-21)10-13-27(34)31-25-5-3-2-4-24(25)29/h2-13,18,30H,14-17,19,29H2,1H3,(H,31,34)/b13-10+. The zero-order chi connectivity index (χ0) is 23.9. The normalized spacial score (nSPS) is 14.4. The Morgan fingerprint density at radius 1 is 1.03 bits per heavy atom. The Morgan fingerprint density at radius 2 is 1.76 bits per heavy atom. The third-order valence-corrected chi connectivity index (χ3v) is 5.91. The SMILES string of the molecule is CN1CCN(c2ccc(NCc3ccc(/C=C/C(=O)Nc4ccccc4N)cc3)cc2F)CC1. The van der Waals surface area contributed by atoms with Crippen molar-refractivity contribution in [2.24, 2.45) is 0 Å². The number of para-hydroxylation sites is 2. The molecule has 1 heterocycles. The minimum atomic E-state index is -0.245. The lowest BCUT2D eigenvalue weighted by atomic mass is 10.1. The fraction of sp³-hybridized carbons (Fsp3) is 0.222. The quantitative estimate of drug-likeness (QED) is 0.360. The molecule has 0 bridgehead atoms. The molecular formula is C27H30FN5O. The summed E-state index contributed by atoms with van der Waals surface area (Å²) in [6.07, 6.45) is 3.22. The van der Waals surface area contributed by atoms with E-state index in [1.165, 1.54) is 6.08 Å². The van der Waals surface area contributed by atoms with Gasteiger partial charge in [-0.15, -0.1) is 0 Å². The number of hydrogen-bond donors (Lipinski definition) is 3. The molecule has 1 fully saturated rings. The van der Waals surface area contributed by atoms with E-state index in [4.69, 9.17) is 5.73 Å². The van der Waals surface area contributed by atoms with Crippen LogP contribution in [0.5, 0.6) is 0 Å². The van der Waals surface area contributed by atoms with Crippen LogP contribution in [0.25, 0.3) is 6.08 Å². The number of carbonyl (C=O) groups is 1. The largest absolute Gasteiger partial charge is 0.397 e. The van der Waals surface area contributed by atoms with Crippen LogP contribution in [0.1, 0.15) is 11.1 Å². The van der Waals surface area contributed by atoms with E-state index in [1.54, 1.807) is 24.3 Å². The lowest BCUT2D eigenvalue weighted by Crippen LogP contribution is -2.44. The van der Waals surface area contributed by atoms with Gasteiger partial charge in [0.1, 0.15) is 5.82 Å². The van der Waals surface area contributed by atoms with E-state index in [9.17, 15) is 9.18 Å². The van der Waals surface area contributed by atoms with E-state index >= 15 is 0 Å². The van der Waals surface area contributed by atoms with E-state index in [1.807, 2.05) is 48.5 Å². The van der Waals surface area contributed by atoms with Gasteiger partial charge in [0.15, 0.2) is 0 Å². The van der Waals surface area contributed by atoms with Crippen LogP contribution in [0.2, 0.25) is 0 Å². The van der Waals surface area contributed by atoms with Crippen molar-refractivity contribution in [1.82, 2.24) is 4.90 Å². The van der Waals surface area contributed by atoms with Gasteiger partial charge < -0.3 is 26.2 Å². The first-order valence-electron chi connectivity index (χ1n) is 11.4. The summed E-state index contributed by atoms with van der Waals surface area (Å²) in [5, 5.41) is 6.05. The summed E-state index contributed by atoms with van der Waals surface area (Å²) >= 11 is 0. The smallest absolute Gasteiger partial charge is 0.248 e. The topological polar surface area (TPSA) is 73.6 Å². The molecule has 0 aliphatic carbocycles. The molecule has 0 atom stereocenters. The average molecular weight is 460 g/mol.